The Balaban J connectivity index is 1.64. The average Bonchev–Trinajstić information content (AvgIpc) is 3.07. The van der Waals surface area contributed by atoms with Crippen LogP contribution in [0.25, 0.3) is 0 Å². The summed E-state index contributed by atoms with van der Waals surface area (Å²) < 4.78 is 1.81. The number of nitrogens with zero attached hydrogens (tertiary/aromatic N) is 4. The summed E-state index contributed by atoms with van der Waals surface area (Å²) in [4.78, 5) is 22.8. The molecule has 0 saturated heterocycles. The highest BCUT2D eigenvalue weighted by Crippen LogP contribution is 2.24. The fraction of sp³-hybridized carbons (Fsp3) is 0.211. The van der Waals surface area contributed by atoms with Crippen LogP contribution in [0.5, 0.6) is 0 Å². The van der Waals surface area contributed by atoms with Crippen LogP contribution in [0.2, 0.25) is 5.02 Å². The first-order valence-electron chi connectivity index (χ1n) is 8.67. The van der Waals surface area contributed by atoms with Gasteiger partial charge in [-0.3, -0.25) is 14.9 Å². The molecule has 3 aromatic rings. The molecule has 0 unspecified atom stereocenters. The Labute approximate surface area is 176 Å². The normalized spacial score (nSPS) is 11.8. The Hall–Kier alpha value is -2.91. The third-order valence-corrected chi connectivity index (χ3v) is 5.66. The zero-order chi connectivity index (χ0) is 21.0. The monoisotopic (exact) mass is 431 g/mol. The number of rotatable bonds is 7. The molecule has 29 heavy (non-hydrogen) atoms. The molecule has 2 aromatic carbocycles. The van der Waals surface area contributed by atoms with Gasteiger partial charge >= 0.3 is 0 Å². The van der Waals surface area contributed by atoms with Crippen LogP contribution in [0.15, 0.2) is 53.7 Å². The first kappa shape index (κ1) is 20.8. The molecule has 0 aliphatic carbocycles. The molecule has 0 saturated carbocycles. The zero-order valence-electron chi connectivity index (χ0n) is 15.7. The minimum Gasteiger partial charge on any atom is -0.342 e. The van der Waals surface area contributed by atoms with Gasteiger partial charge in [0.25, 0.3) is 11.6 Å². The second-order valence-electron chi connectivity index (χ2n) is 6.29. The van der Waals surface area contributed by atoms with E-state index in [2.05, 4.69) is 15.5 Å². The first-order valence-corrected chi connectivity index (χ1v) is 10.0. The highest BCUT2D eigenvalue weighted by atomic mass is 35.5. The summed E-state index contributed by atoms with van der Waals surface area (Å²) in [5, 5.41) is 23.0. The molecule has 3 rings (SSSR count). The van der Waals surface area contributed by atoms with Crippen LogP contribution in [0.4, 0.5) is 5.69 Å². The number of halogens is 1. The number of thioether (sulfide) groups is 1. The summed E-state index contributed by atoms with van der Waals surface area (Å²) in [7, 11) is 1.83. The molecule has 8 nitrogen and oxygen atoms in total. The van der Waals surface area contributed by atoms with Gasteiger partial charge < -0.3 is 9.88 Å². The Bertz CT molecular complexity index is 1040. The van der Waals surface area contributed by atoms with Crippen LogP contribution < -0.4 is 5.32 Å². The molecule has 0 spiro atoms. The second kappa shape index (κ2) is 9.06. The number of carbonyl (C=O) groups excluding carboxylic acids is 1. The molecule has 0 bridgehead atoms. The number of nitro groups is 1. The number of hydrogen-bond donors (Lipinski definition) is 1. The molecule has 150 valence electrons. The van der Waals surface area contributed by atoms with Crippen molar-refractivity contribution in [2.45, 2.75) is 23.9 Å². The lowest BCUT2D eigenvalue weighted by molar-refractivity contribution is -0.384. The first-order chi connectivity index (χ1) is 13.9. The van der Waals surface area contributed by atoms with Gasteiger partial charge in [-0.1, -0.05) is 47.6 Å². The van der Waals surface area contributed by atoms with Gasteiger partial charge in [0.1, 0.15) is 0 Å². The third-order valence-electron chi connectivity index (χ3n) is 4.24. The highest BCUT2D eigenvalue weighted by Gasteiger charge is 2.19. The number of benzene rings is 2. The molecule has 1 N–H and O–H groups in total. The van der Waals surface area contributed by atoms with E-state index in [1.807, 2.05) is 18.5 Å². The molecule has 1 aromatic heterocycles. The molecule has 1 atom stereocenters. The molecule has 1 heterocycles. The Morgan fingerprint density at radius 2 is 1.93 bits per heavy atom. The lowest BCUT2D eigenvalue weighted by Crippen LogP contribution is -2.28. The van der Waals surface area contributed by atoms with Crippen molar-refractivity contribution in [3.05, 3.63) is 80.6 Å². The Morgan fingerprint density at radius 3 is 2.59 bits per heavy atom. The highest BCUT2D eigenvalue weighted by molar-refractivity contribution is 7.98. The molecule has 1 amide bonds. The van der Waals surface area contributed by atoms with E-state index >= 15 is 0 Å². The van der Waals surface area contributed by atoms with Gasteiger partial charge in [-0.05, 0) is 24.6 Å². The van der Waals surface area contributed by atoms with E-state index in [0.29, 0.717) is 27.3 Å². The second-order valence-corrected chi connectivity index (χ2v) is 7.64. The fourth-order valence-corrected chi connectivity index (χ4v) is 3.77. The lowest BCUT2D eigenvalue weighted by Gasteiger charge is -2.14. The molecular formula is C19H18ClN5O3S. The number of non-ortho nitro benzene ring substituents is 1. The summed E-state index contributed by atoms with van der Waals surface area (Å²) >= 11 is 7.53. The van der Waals surface area contributed by atoms with Gasteiger partial charge in [0.15, 0.2) is 11.0 Å². The maximum atomic E-state index is 12.4. The van der Waals surface area contributed by atoms with E-state index in [1.54, 1.807) is 36.4 Å². The van der Waals surface area contributed by atoms with Gasteiger partial charge in [-0.15, -0.1) is 10.2 Å². The van der Waals surface area contributed by atoms with Crippen molar-refractivity contribution < 1.29 is 9.72 Å². The largest absolute Gasteiger partial charge is 0.342 e. The van der Waals surface area contributed by atoms with Crippen molar-refractivity contribution in [1.82, 2.24) is 20.1 Å². The standard InChI is InChI=1S/C19H18ClN5O3S/c1-12(21-18(26)15-5-3-4-6-16(15)20)17-22-23-19(24(17)2)29-11-13-7-9-14(10-8-13)25(27)28/h3-10,12H,11H2,1-2H3,(H,21,26)/t12-/m0/s1. The average molecular weight is 432 g/mol. The summed E-state index contributed by atoms with van der Waals surface area (Å²) in [6, 6.07) is 12.9. The third kappa shape index (κ3) is 4.93. The van der Waals surface area contributed by atoms with Crippen LogP contribution in [0, 0.1) is 10.1 Å². The van der Waals surface area contributed by atoms with Gasteiger partial charge in [0, 0.05) is 24.9 Å². The predicted octanol–water partition coefficient (Wildman–Crippen LogP) is 4.16. The van der Waals surface area contributed by atoms with Crippen molar-refractivity contribution in [1.29, 1.82) is 0 Å². The summed E-state index contributed by atoms with van der Waals surface area (Å²) in [5.41, 5.74) is 1.39. The lowest BCUT2D eigenvalue weighted by atomic mass is 10.2. The van der Waals surface area contributed by atoms with E-state index in [4.69, 9.17) is 11.6 Å². The molecule has 0 radical (unpaired) electrons. The van der Waals surface area contributed by atoms with Crippen LogP contribution in [0.3, 0.4) is 0 Å². The summed E-state index contributed by atoms with van der Waals surface area (Å²) in [6.07, 6.45) is 0. The Morgan fingerprint density at radius 1 is 1.24 bits per heavy atom. The maximum Gasteiger partial charge on any atom is 0.269 e. The van der Waals surface area contributed by atoms with Crippen LogP contribution in [-0.4, -0.2) is 25.6 Å². The van der Waals surface area contributed by atoms with E-state index in [1.165, 1.54) is 23.9 Å². The fourth-order valence-electron chi connectivity index (χ4n) is 2.67. The number of hydrogen-bond acceptors (Lipinski definition) is 6. The molecule has 0 aliphatic rings. The van der Waals surface area contributed by atoms with E-state index in [-0.39, 0.29) is 17.6 Å². The van der Waals surface area contributed by atoms with E-state index in [0.717, 1.165) is 5.56 Å². The molecular weight excluding hydrogens is 414 g/mol. The van der Waals surface area contributed by atoms with Crippen LogP contribution >= 0.6 is 23.4 Å². The quantitative estimate of drug-likeness (QED) is 0.342. The van der Waals surface area contributed by atoms with Crippen molar-refractivity contribution in [3.63, 3.8) is 0 Å². The van der Waals surface area contributed by atoms with Crippen molar-refractivity contribution in [2.75, 3.05) is 0 Å². The number of nitrogens with one attached hydrogen (secondary N) is 1. The topological polar surface area (TPSA) is 103 Å². The van der Waals surface area contributed by atoms with Gasteiger partial charge in [-0.25, -0.2) is 0 Å². The van der Waals surface area contributed by atoms with E-state index < -0.39 is 4.92 Å². The zero-order valence-corrected chi connectivity index (χ0v) is 17.3. The van der Waals surface area contributed by atoms with Crippen LogP contribution in [0.1, 0.15) is 34.7 Å². The number of amides is 1. The van der Waals surface area contributed by atoms with Crippen LogP contribution in [-0.2, 0) is 12.8 Å². The van der Waals surface area contributed by atoms with Gasteiger partial charge in [0.05, 0.1) is 21.6 Å². The summed E-state index contributed by atoms with van der Waals surface area (Å²) in [5.74, 6) is 0.910. The molecule has 0 aliphatic heterocycles. The molecule has 10 heteroatoms. The number of carbonyl (C=O) groups is 1. The minimum absolute atomic E-state index is 0.0581. The number of aromatic nitrogens is 3. The Kier molecular flexibility index (Phi) is 6.50. The maximum absolute atomic E-state index is 12.4. The minimum atomic E-state index is -0.426. The van der Waals surface area contributed by atoms with E-state index in [9.17, 15) is 14.9 Å². The molecule has 0 fully saturated rings. The SMILES string of the molecule is C[C@H](NC(=O)c1ccccc1Cl)c1nnc(SCc2ccc([N+](=O)[O-])cc2)n1C. The smallest absolute Gasteiger partial charge is 0.269 e. The van der Waals surface area contributed by atoms with Gasteiger partial charge in [0.2, 0.25) is 0 Å². The van der Waals surface area contributed by atoms with Crippen molar-refractivity contribution in [3.8, 4) is 0 Å². The summed E-state index contributed by atoms with van der Waals surface area (Å²) in [6.45, 7) is 1.82. The van der Waals surface area contributed by atoms with Gasteiger partial charge in [-0.2, -0.15) is 0 Å². The van der Waals surface area contributed by atoms with Crippen molar-refractivity contribution in [2.24, 2.45) is 7.05 Å². The predicted molar refractivity (Wildman–Crippen MR) is 111 cm³/mol. The number of nitro benzene ring substituents is 1. The van der Waals surface area contributed by atoms with Crippen molar-refractivity contribution >= 4 is 35.0 Å².